The summed E-state index contributed by atoms with van der Waals surface area (Å²) in [5.74, 6) is -0.292. The number of hydrogen-bond donors (Lipinski definition) is 2. The number of carbonyl (C=O) groups is 1. The van der Waals surface area contributed by atoms with Crippen LogP contribution >= 0.6 is 11.3 Å². The Morgan fingerprint density at radius 1 is 1.32 bits per heavy atom. The zero-order chi connectivity index (χ0) is 17.9. The molecule has 0 bridgehead atoms. The van der Waals surface area contributed by atoms with Crippen molar-refractivity contribution in [3.05, 3.63) is 66.0 Å². The second kappa shape index (κ2) is 7.18. The Kier molecular flexibility index (Phi) is 4.98. The Hall–Kier alpha value is -2.49. The molecule has 0 spiro atoms. The Bertz CT molecular complexity index is 975. The second-order valence-electron chi connectivity index (χ2n) is 5.17. The summed E-state index contributed by atoms with van der Waals surface area (Å²) in [6.45, 7) is 3.91. The van der Waals surface area contributed by atoms with Crippen LogP contribution in [0.2, 0.25) is 0 Å². The zero-order valence-electron chi connectivity index (χ0n) is 13.2. The van der Waals surface area contributed by atoms with Crippen LogP contribution in [0.5, 0.6) is 0 Å². The number of imidazole rings is 1. The minimum atomic E-state index is -3.59. The number of thiazole rings is 1. The summed E-state index contributed by atoms with van der Waals surface area (Å²) in [7, 11) is -3.59. The molecule has 0 atom stereocenters. The number of benzene rings is 1. The van der Waals surface area contributed by atoms with Crippen molar-refractivity contribution in [2.24, 2.45) is 0 Å². The third kappa shape index (κ3) is 3.95. The Morgan fingerprint density at radius 2 is 2.08 bits per heavy atom. The van der Waals surface area contributed by atoms with Gasteiger partial charge in [0, 0.05) is 29.9 Å². The number of aromatic nitrogens is 2. The maximum Gasteiger partial charge on any atom is 0.251 e. The monoisotopic (exact) mass is 376 g/mol. The highest BCUT2D eigenvalue weighted by Gasteiger charge is 2.14. The number of carbonyl (C=O) groups excluding carboxylic acids is 1. The standard InChI is InChI=1S/C16H16N4O3S2/c1-2-7-18-25(22,23)14-5-3-12(4-6-14)15(21)17-10-13-11-20-8-9-24-16(20)19-13/h2-6,8-9,11,18H,1,7,10H2,(H,17,21). The number of sulfonamides is 1. The first-order chi connectivity index (χ1) is 12.0. The number of hydrogen-bond acceptors (Lipinski definition) is 5. The maximum atomic E-state index is 12.2. The van der Waals surface area contributed by atoms with Crippen molar-refractivity contribution >= 4 is 32.2 Å². The summed E-state index contributed by atoms with van der Waals surface area (Å²) < 4.78 is 28.2. The van der Waals surface area contributed by atoms with E-state index >= 15 is 0 Å². The number of fused-ring (bicyclic) bond motifs is 1. The summed E-state index contributed by atoms with van der Waals surface area (Å²) in [5, 5.41) is 4.70. The number of rotatable bonds is 7. The van der Waals surface area contributed by atoms with E-state index in [1.165, 1.54) is 41.7 Å². The molecule has 0 saturated carbocycles. The average Bonchev–Trinajstić information content (AvgIpc) is 3.19. The Labute approximate surface area is 149 Å². The molecular weight excluding hydrogens is 360 g/mol. The van der Waals surface area contributed by atoms with Crippen LogP contribution < -0.4 is 10.0 Å². The van der Waals surface area contributed by atoms with E-state index in [1.807, 2.05) is 22.2 Å². The van der Waals surface area contributed by atoms with E-state index in [1.54, 1.807) is 0 Å². The van der Waals surface area contributed by atoms with Gasteiger partial charge in [-0.3, -0.25) is 9.20 Å². The van der Waals surface area contributed by atoms with Gasteiger partial charge in [-0.15, -0.1) is 17.9 Å². The molecule has 2 heterocycles. The summed E-state index contributed by atoms with van der Waals surface area (Å²) in [6, 6.07) is 5.74. The van der Waals surface area contributed by atoms with E-state index in [-0.39, 0.29) is 17.3 Å². The fourth-order valence-electron chi connectivity index (χ4n) is 2.17. The van der Waals surface area contributed by atoms with Crippen LogP contribution in [-0.2, 0) is 16.6 Å². The first-order valence-electron chi connectivity index (χ1n) is 7.39. The van der Waals surface area contributed by atoms with E-state index in [0.29, 0.717) is 12.1 Å². The van der Waals surface area contributed by atoms with Crippen molar-refractivity contribution in [2.45, 2.75) is 11.4 Å². The molecule has 0 aliphatic heterocycles. The summed E-state index contributed by atoms with van der Waals surface area (Å²) in [6.07, 6.45) is 5.21. The fourth-order valence-corrected chi connectivity index (χ4v) is 3.89. The normalized spacial score (nSPS) is 11.5. The van der Waals surface area contributed by atoms with Crippen molar-refractivity contribution in [3.63, 3.8) is 0 Å². The average molecular weight is 376 g/mol. The van der Waals surface area contributed by atoms with Crippen molar-refractivity contribution in [2.75, 3.05) is 6.54 Å². The first-order valence-corrected chi connectivity index (χ1v) is 9.76. The minimum Gasteiger partial charge on any atom is -0.346 e. The van der Waals surface area contributed by atoms with Crippen molar-refractivity contribution in [3.8, 4) is 0 Å². The lowest BCUT2D eigenvalue weighted by Gasteiger charge is -2.06. The first kappa shape index (κ1) is 17.3. The highest BCUT2D eigenvalue weighted by molar-refractivity contribution is 7.89. The molecule has 2 aromatic heterocycles. The van der Waals surface area contributed by atoms with Gasteiger partial charge in [0.15, 0.2) is 4.96 Å². The Morgan fingerprint density at radius 3 is 2.76 bits per heavy atom. The van der Waals surface area contributed by atoms with Gasteiger partial charge >= 0.3 is 0 Å². The fraction of sp³-hybridized carbons (Fsp3) is 0.125. The molecule has 7 nitrogen and oxygen atoms in total. The van der Waals surface area contributed by atoms with E-state index in [2.05, 4.69) is 21.6 Å². The quantitative estimate of drug-likeness (QED) is 0.615. The lowest BCUT2D eigenvalue weighted by atomic mass is 10.2. The van der Waals surface area contributed by atoms with Gasteiger partial charge in [0.05, 0.1) is 17.1 Å². The van der Waals surface area contributed by atoms with Crippen LogP contribution in [0.4, 0.5) is 0 Å². The van der Waals surface area contributed by atoms with Gasteiger partial charge < -0.3 is 5.32 Å². The third-order valence-electron chi connectivity index (χ3n) is 3.42. The molecule has 1 aromatic carbocycles. The molecule has 0 unspecified atom stereocenters. The minimum absolute atomic E-state index is 0.0974. The van der Waals surface area contributed by atoms with Crippen LogP contribution in [0.3, 0.4) is 0 Å². The molecule has 3 rings (SSSR count). The van der Waals surface area contributed by atoms with Crippen LogP contribution in [0.1, 0.15) is 16.1 Å². The molecule has 0 radical (unpaired) electrons. The molecule has 9 heteroatoms. The maximum absolute atomic E-state index is 12.2. The predicted octanol–water partition coefficient (Wildman–Crippen LogP) is 1.79. The molecule has 0 fully saturated rings. The molecular formula is C16H16N4O3S2. The molecule has 130 valence electrons. The molecule has 1 amide bonds. The van der Waals surface area contributed by atoms with Crippen LogP contribution in [-0.4, -0.2) is 30.3 Å². The van der Waals surface area contributed by atoms with Gasteiger partial charge in [0.1, 0.15) is 0 Å². The van der Waals surface area contributed by atoms with Crippen LogP contribution in [0.25, 0.3) is 4.96 Å². The Balaban J connectivity index is 1.64. The lowest BCUT2D eigenvalue weighted by Crippen LogP contribution is -2.25. The van der Waals surface area contributed by atoms with E-state index in [0.717, 1.165) is 10.7 Å². The van der Waals surface area contributed by atoms with Gasteiger partial charge in [-0.2, -0.15) is 0 Å². The molecule has 2 N–H and O–H groups in total. The van der Waals surface area contributed by atoms with Crippen molar-refractivity contribution in [1.29, 1.82) is 0 Å². The van der Waals surface area contributed by atoms with Gasteiger partial charge in [0.25, 0.3) is 5.91 Å². The predicted molar refractivity (Wildman–Crippen MR) is 96.1 cm³/mol. The van der Waals surface area contributed by atoms with E-state index < -0.39 is 10.0 Å². The molecule has 25 heavy (non-hydrogen) atoms. The SMILES string of the molecule is C=CCNS(=O)(=O)c1ccc(C(=O)NCc2cn3ccsc3n2)cc1. The second-order valence-corrected chi connectivity index (χ2v) is 7.81. The van der Waals surface area contributed by atoms with Crippen LogP contribution in [0.15, 0.2) is 59.6 Å². The zero-order valence-corrected chi connectivity index (χ0v) is 14.8. The van der Waals surface area contributed by atoms with Crippen molar-refractivity contribution in [1.82, 2.24) is 19.4 Å². The third-order valence-corrected chi connectivity index (χ3v) is 5.63. The van der Waals surface area contributed by atoms with Gasteiger partial charge in [0.2, 0.25) is 10.0 Å². The lowest BCUT2D eigenvalue weighted by molar-refractivity contribution is 0.0950. The van der Waals surface area contributed by atoms with Crippen molar-refractivity contribution < 1.29 is 13.2 Å². The smallest absolute Gasteiger partial charge is 0.251 e. The highest BCUT2D eigenvalue weighted by atomic mass is 32.2. The number of amides is 1. The highest BCUT2D eigenvalue weighted by Crippen LogP contribution is 2.12. The molecule has 0 saturated heterocycles. The van der Waals surface area contributed by atoms with E-state index in [9.17, 15) is 13.2 Å². The largest absolute Gasteiger partial charge is 0.346 e. The van der Waals surface area contributed by atoms with Gasteiger partial charge in [-0.1, -0.05) is 6.08 Å². The van der Waals surface area contributed by atoms with Gasteiger partial charge in [-0.05, 0) is 24.3 Å². The summed E-state index contributed by atoms with van der Waals surface area (Å²) in [4.78, 5) is 17.5. The molecule has 0 aliphatic carbocycles. The molecule has 3 aromatic rings. The number of nitrogens with zero attached hydrogens (tertiary/aromatic N) is 2. The van der Waals surface area contributed by atoms with Gasteiger partial charge in [-0.25, -0.2) is 18.1 Å². The molecule has 0 aliphatic rings. The number of nitrogens with one attached hydrogen (secondary N) is 2. The van der Waals surface area contributed by atoms with E-state index in [4.69, 9.17) is 0 Å². The summed E-state index contributed by atoms with van der Waals surface area (Å²) >= 11 is 1.52. The van der Waals surface area contributed by atoms with Crippen LogP contribution in [0, 0.1) is 0 Å². The summed E-state index contributed by atoms with van der Waals surface area (Å²) in [5.41, 5.74) is 1.14. The topological polar surface area (TPSA) is 92.6 Å².